The van der Waals surface area contributed by atoms with Crippen LogP contribution in [0.5, 0.6) is 5.75 Å². The molecule has 0 radical (unpaired) electrons. The Kier molecular flexibility index (Phi) is 2.69. The van der Waals surface area contributed by atoms with E-state index in [0.29, 0.717) is 5.92 Å². The van der Waals surface area contributed by atoms with Crippen LogP contribution in [-0.2, 0) is 0 Å². The number of ether oxygens (including phenoxy) is 1. The molecule has 0 aliphatic heterocycles. The maximum absolute atomic E-state index is 6.35. The molecule has 0 aromatic heterocycles. The predicted molar refractivity (Wildman–Crippen MR) is 58.9 cm³/mol. The fourth-order valence-corrected chi connectivity index (χ4v) is 2.29. The van der Waals surface area contributed by atoms with E-state index in [-0.39, 0.29) is 5.38 Å². The van der Waals surface area contributed by atoms with Gasteiger partial charge in [0.1, 0.15) is 5.75 Å². The van der Waals surface area contributed by atoms with Gasteiger partial charge in [-0.3, -0.25) is 0 Å². The molecule has 1 aliphatic carbocycles. The highest BCUT2D eigenvalue weighted by molar-refractivity contribution is 6.21. The number of alkyl halides is 1. The van der Waals surface area contributed by atoms with E-state index in [1.165, 1.54) is 12.0 Å². The van der Waals surface area contributed by atoms with Gasteiger partial charge in [-0.2, -0.15) is 0 Å². The Morgan fingerprint density at radius 2 is 1.93 bits per heavy atom. The maximum atomic E-state index is 6.35. The summed E-state index contributed by atoms with van der Waals surface area (Å²) in [7, 11) is 1.68. The predicted octanol–water partition coefficient (Wildman–Crippen LogP) is 3.63. The molecule has 1 saturated carbocycles. The summed E-state index contributed by atoms with van der Waals surface area (Å²) in [4.78, 5) is 0. The van der Waals surface area contributed by atoms with E-state index < -0.39 is 0 Å². The minimum absolute atomic E-state index is 0.177. The van der Waals surface area contributed by atoms with Gasteiger partial charge in [0.15, 0.2) is 0 Å². The fraction of sp³-hybridized carbons (Fsp3) is 0.500. The molecule has 3 atom stereocenters. The monoisotopic (exact) mass is 210 g/mol. The van der Waals surface area contributed by atoms with Crippen molar-refractivity contribution in [2.45, 2.75) is 18.7 Å². The second-order valence-corrected chi connectivity index (χ2v) is 4.52. The van der Waals surface area contributed by atoms with Crippen LogP contribution in [0.3, 0.4) is 0 Å². The Morgan fingerprint density at radius 1 is 1.36 bits per heavy atom. The zero-order chi connectivity index (χ0) is 10.1. The molecule has 0 N–H and O–H groups in total. The van der Waals surface area contributed by atoms with Crippen LogP contribution in [-0.4, -0.2) is 7.11 Å². The summed E-state index contributed by atoms with van der Waals surface area (Å²) in [5, 5.41) is 0.177. The molecule has 0 spiro atoms. The topological polar surface area (TPSA) is 9.23 Å². The van der Waals surface area contributed by atoms with Crippen LogP contribution in [0.4, 0.5) is 0 Å². The van der Waals surface area contributed by atoms with Gasteiger partial charge in [-0.05, 0) is 36.0 Å². The molecule has 1 aliphatic rings. The first-order chi connectivity index (χ1) is 6.72. The molecule has 0 saturated heterocycles. The van der Waals surface area contributed by atoms with E-state index in [1.807, 2.05) is 12.1 Å². The van der Waals surface area contributed by atoms with E-state index in [1.54, 1.807) is 7.11 Å². The SMILES string of the molecule is COc1ccc(C(Cl)C2CC2C)cc1. The van der Waals surface area contributed by atoms with Crippen molar-refractivity contribution in [3.63, 3.8) is 0 Å². The minimum atomic E-state index is 0.177. The van der Waals surface area contributed by atoms with Crippen molar-refractivity contribution in [2.75, 3.05) is 7.11 Å². The van der Waals surface area contributed by atoms with Gasteiger partial charge in [0.05, 0.1) is 12.5 Å². The summed E-state index contributed by atoms with van der Waals surface area (Å²) in [5.74, 6) is 2.35. The summed E-state index contributed by atoms with van der Waals surface area (Å²) in [5.41, 5.74) is 1.21. The summed E-state index contributed by atoms with van der Waals surface area (Å²) in [6, 6.07) is 8.05. The van der Waals surface area contributed by atoms with Crippen LogP contribution < -0.4 is 4.74 Å². The summed E-state index contributed by atoms with van der Waals surface area (Å²) < 4.78 is 5.10. The molecule has 0 amide bonds. The summed E-state index contributed by atoms with van der Waals surface area (Å²) >= 11 is 6.35. The molecule has 14 heavy (non-hydrogen) atoms. The maximum Gasteiger partial charge on any atom is 0.118 e. The first kappa shape index (κ1) is 9.85. The smallest absolute Gasteiger partial charge is 0.118 e. The molecule has 1 aromatic rings. The Balaban J connectivity index is 2.08. The van der Waals surface area contributed by atoms with E-state index in [4.69, 9.17) is 16.3 Å². The van der Waals surface area contributed by atoms with E-state index in [9.17, 15) is 0 Å². The molecule has 2 rings (SSSR count). The van der Waals surface area contributed by atoms with Gasteiger partial charge in [0.2, 0.25) is 0 Å². The normalized spacial score (nSPS) is 27.1. The van der Waals surface area contributed by atoms with Crippen molar-refractivity contribution in [1.29, 1.82) is 0 Å². The lowest BCUT2D eigenvalue weighted by atomic mass is 10.1. The van der Waals surface area contributed by atoms with Crippen molar-refractivity contribution in [3.8, 4) is 5.75 Å². The number of hydrogen-bond donors (Lipinski definition) is 0. The molecular weight excluding hydrogens is 196 g/mol. The molecule has 0 bridgehead atoms. The molecule has 1 fully saturated rings. The highest BCUT2D eigenvalue weighted by atomic mass is 35.5. The van der Waals surface area contributed by atoms with Crippen LogP contribution in [0, 0.1) is 11.8 Å². The molecule has 3 unspecified atom stereocenters. The van der Waals surface area contributed by atoms with E-state index >= 15 is 0 Å². The summed E-state index contributed by atoms with van der Waals surface area (Å²) in [6.45, 7) is 2.25. The largest absolute Gasteiger partial charge is 0.497 e. The first-order valence-corrected chi connectivity index (χ1v) is 5.44. The lowest BCUT2D eigenvalue weighted by Gasteiger charge is -2.09. The van der Waals surface area contributed by atoms with Gasteiger partial charge in [-0.15, -0.1) is 11.6 Å². The quantitative estimate of drug-likeness (QED) is 0.693. The molecular formula is C12H15ClO. The zero-order valence-corrected chi connectivity index (χ0v) is 9.29. The van der Waals surface area contributed by atoms with E-state index in [0.717, 1.165) is 11.7 Å². The van der Waals surface area contributed by atoms with Crippen LogP contribution >= 0.6 is 11.6 Å². The minimum Gasteiger partial charge on any atom is -0.497 e. The lowest BCUT2D eigenvalue weighted by Crippen LogP contribution is -1.94. The van der Waals surface area contributed by atoms with Crippen LogP contribution in [0.15, 0.2) is 24.3 Å². The Morgan fingerprint density at radius 3 is 2.36 bits per heavy atom. The molecule has 2 heteroatoms. The number of rotatable bonds is 3. The van der Waals surface area contributed by atoms with Crippen LogP contribution in [0.1, 0.15) is 24.3 Å². The molecule has 76 valence electrons. The number of hydrogen-bond acceptors (Lipinski definition) is 1. The van der Waals surface area contributed by atoms with Crippen LogP contribution in [0.25, 0.3) is 0 Å². The number of halogens is 1. The Labute approximate surface area is 90.0 Å². The molecule has 0 heterocycles. The third kappa shape index (κ3) is 1.88. The zero-order valence-electron chi connectivity index (χ0n) is 8.53. The average molecular weight is 211 g/mol. The van der Waals surface area contributed by atoms with Gasteiger partial charge in [0, 0.05) is 0 Å². The Bertz CT molecular complexity index is 307. The van der Waals surface area contributed by atoms with Gasteiger partial charge < -0.3 is 4.74 Å². The highest BCUT2D eigenvalue weighted by Crippen LogP contribution is 2.50. The molecule has 1 nitrogen and oxygen atoms in total. The van der Waals surface area contributed by atoms with E-state index in [2.05, 4.69) is 19.1 Å². The highest BCUT2D eigenvalue weighted by Gasteiger charge is 2.39. The lowest BCUT2D eigenvalue weighted by molar-refractivity contribution is 0.414. The molecule has 1 aromatic carbocycles. The third-order valence-electron chi connectivity index (χ3n) is 2.98. The third-order valence-corrected chi connectivity index (χ3v) is 3.56. The van der Waals surface area contributed by atoms with Gasteiger partial charge in [-0.1, -0.05) is 19.1 Å². The van der Waals surface area contributed by atoms with Crippen molar-refractivity contribution in [2.24, 2.45) is 11.8 Å². The van der Waals surface area contributed by atoms with Crippen molar-refractivity contribution >= 4 is 11.6 Å². The van der Waals surface area contributed by atoms with Crippen molar-refractivity contribution < 1.29 is 4.74 Å². The summed E-state index contributed by atoms with van der Waals surface area (Å²) in [6.07, 6.45) is 1.26. The standard InChI is InChI=1S/C12H15ClO/c1-8-7-11(8)12(13)9-3-5-10(14-2)6-4-9/h3-6,8,11-12H,7H2,1-2H3. The average Bonchev–Trinajstić information content (AvgIpc) is 2.95. The van der Waals surface area contributed by atoms with Gasteiger partial charge in [-0.25, -0.2) is 0 Å². The van der Waals surface area contributed by atoms with Crippen LogP contribution in [0.2, 0.25) is 0 Å². The van der Waals surface area contributed by atoms with Gasteiger partial charge in [0.25, 0.3) is 0 Å². The van der Waals surface area contributed by atoms with Crippen molar-refractivity contribution in [1.82, 2.24) is 0 Å². The second-order valence-electron chi connectivity index (χ2n) is 4.05. The number of methoxy groups -OCH3 is 1. The van der Waals surface area contributed by atoms with Gasteiger partial charge >= 0.3 is 0 Å². The second kappa shape index (κ2) is 3.82. The first-order valence-electron chi connectivity index (χ1n) is 5.00. The fourth-order valence-electron chi connectivity index (χ4n) is 1.79. The number of benzene rings is 1. The Hall–Kier alpha value is -0.690. The van der Waals surface area contributed by atoms with Crippen molar-refractivity contribution in [3.05, 3.63) is 29.8 Å².